The predicted molar refractivity (Wildman–Crippen MR) is 70.6 cm³/mol. The Morgan fingerprint density at radius 2 is 2.24 bits per heavy atom. The third-order valence-corrected chi connectivity index (χ3v) is 2.25. The number of benzene rings is 1. The number of carbonyl (C=O) groups excluding carboxylic acids is 1. The highest BCUT2D eigenvalue weighted by Crippen LogP contribution is 2.16. The highest BCUT2D eigenvalue weighted by molar-refractivity contribution is 5.92. The van der Waals surface area contributed by atoms with Crippen molar-refractivity contribution in [3.05, 3.63) is 29.3 Å². The van der Waals surface area contributed by atoms with Gasteiger partial charge in [0.2, 0.25) is 5.91 Å². The fourth-order valence-corrected chi connectivity index (χ4v) is 1.46. The van der Waals surface area contributed by atoms with Crippen LogP contribution < -0.4 is 11.1 Å². The van der Waals surface area contributed by atoms with Crippen molar-refractivity contribution in [3.63, 3.8) is 0 Å². The molecule has 3 N–H and O–H groups in total. The lowest BCUT2D eigenvalue weighted by molar-refractivity contribution is -0.116. The number of nitrogens with one attached hydrogen (secondary N) is 1. The van der Waals surface area contributed by atoms with E-state index in [1.54, 1.807) is 0 Å². The van der Waals surface area contributed by atoms with Crippen LogP contribution in [0.5, 0.6) is 0 Å². The minimum Gasteiger partial charge on any atom is -0.325 e. The maximum absolute atomic E-state index is 11.5. The van der Waals surface area contributed by atoms with Crippen LogP contribution in [0.4, 0.5) is 5.69 Å². The van der Waals surface area contributed by atoms with Crippen molar-refractivity contribution >= 4 is 11.6 Å². The van der Waals surface area contributed by atoms with Gasteiger partial charge in [-0.1, -0.05) is 24.8 Å². The van der Waals surface area contributed by atoms with Gasteiger partial charge in [-0.05, 0) is 31.0 Å². The zero-order valence-electron chi connectivity index (χ0n) is 10.3. The Morgan fingerprint density at radius 3 is 2.88 bits per heavy atom. The summed E-state index contributed by atoms with van der Waals surface area (Å²) < 4.78 is 0. The van der Waals surface area contributed by atoms with Crippen LogP contribution in [0.15, 0.2) is 18.2 Å². The highest BCUT2D eigenvalue weighted by Gasteiger charge is 2.04. The number of aryl methyl sites for hydroxylation is 1. The van der Waals surface area contributed by atoms with E-state index in [0.717, 1.165) is 23.2 Å². The van der Waals surface area contributed by atoms with E-state index in [-0.39, 0.29) is 5.91 Å². The number of carbonyl (C=O) groups is 1. The van der Waals surface area contributed by atoms with Crippen molar-refractivity contribution in [1.29, 1.82) is 0 Å². The standard InChI is InChI=1S/C14H18N2O/c1-3-5-14(17)16-13-8-7-11(2)10-12(13)6-4-9-15/h7-8,10H,3,5,9,15H2,1-2H3,(H,16,17). The number of hydrogen-bond donors (Lipinski definition) is 2. The highest BCUT2D eigenvalue weighted by atomic mass is 16.1. The molecule has 0 spiro atoms. The Hall–Kier alpha value is -1.79. The molecule has 0 aliphatic rings. The molecule has 1 aromatic rings. The molecule has 0 atom stereocenters. The van der Waals surface area contributed by atoms with Crippen molar-refractivity contribution in [1.82, 2.24) is 0 Å². The van der Waals surface area contributed by atoms with Gasteiger partial charge in [0, 0.05) is 12.0 Å². The van der Waals surface area contributed by atoms with E-state index < -0.39 is 0 Å². The average molecular weight is 230 g/mol. The van der Waals surface area contributed by atoms with Crippen molar-refractivity contribution in [2.45, 2.75) is 26.7 Å². The Balaban J connectivity index is 2.94. The van der Waals surface area contributed by atoms with Gasteiger partial charge in [-0.3, -0.25) is 4.79 Å². The molecule has 0 aliphatic heterocycles. The smallest absolute Gasteiger partial charge is 0.224 e. The van der Waals surface area contributed by atoms with Crippen LogP contribution in [0.2, 0.25) is 0 Å². The molecule has 17 heavy (non-hydrogen) atoms. The number of amides is 1. The second kappa shape index (κ2) is 6.72. The van der Waals surface area contributed by atoms with Crippen LogP contribution in [0.3, 0.4) is 0 Å². The molecule has 1 amide bonds. The molecular formula is C14H18N2O. The topological polar surface area (TPSA) is 55.1 Å². The van der Waals surface area contributed by atoms with Crippen LogP contribution >= 0.6 is 0 Å². The first kappa shape index (κ1) is 13.3. The maximum Gasteiger partial charge on any atom is 0.224 e. The van der Waals surface area contributed by atoms with Crippen molar-refractivity contribution in [2.75, 3.05) is 11.9 Å². The zero-order chi connectivity index (χ0) is 12.7. The quantitative estimate of drug-likeness (QED) is 0.781. The fourth-order valence-electron chi connectivity index (χ4n) is 1.46. The van der Waals surface area contributed by atoms with Crippen LogP contribution in [-0.2, 0) is 4.79 Å². The average Bonchev–Trinajstić information content (AvgIpc) is 2.30. The third kappa shape index (κ3) is 4.29. The molecule has 3 heteroatoms. The van der Waals surface area contributed by atoms with Gasteiger partial charge in [0.25, 0.3) is 0 Å². The molecule has 1 rings (SSSR count). The summed E-state index contributed by atoms with van der Waals surface area (Å²) in [6.07, 6.45) is 1.36. The van der Waals surface area contributed by atoms with E-state index in [1.165, 1.54) is 0 Å². The molecule has 0 aromatic heterocycles. The molecule has 0 heterocycles. The van der Waals surface area contributed by atoms with Crippen LogP contribution in [0, 0.1) is 18.8 Å². The lowest BCUT2D eigenvalue weighted by atomic mass is 10.1. The first-order valence-corrected chi connectivity index (χ1v) is 5.76. The fraction of sp³-hybridized carbons (Fsp3) is 0.357. The van der Waals surface area contributed by atoms with Gasteiger partial charge < -0.3 is 11.1 Å². The van der Waals surface area contributed by atoms with E-state index in [0.29, 0.717) is 13.0 Å². The minimum atomic E-state index is 0.0205. The molecule has 0 saturated heterocycles. The minimum absolute atomic E-state index is 0.0205. The third-order valence-electron chi connectivity index (χ3n) is 2.25. The zero-order valence-corrected chi connectivity index (χ0v) is 10.3. The van der Waals surface area contributed by atoms with E-state index in [2.05, 4.69) is 17.2 Å². The predicted octanol–water partition coefficient (Wildman–Crippen LogP) is 2.04. The van der Waals surface area contributed by atoms with E-state index in [9.17, 15) is 4.79 Å². The van der Waals surface area contributed by atoms with Gasteiger partial charge in [-0.15, -0.1) is 0 Å². The molecule has 0 bridgehead atoms. The van der Waals surface area contributed by atoms with Crippen molar-refractivity contribution in [3.8, 4) is 11.8 Å². The van der Waals surface area contributed by atoms with Crippen LogP contribution in [-0.4, -0.2) is 12.5 Å². The van der Waals surface area contributed by atoms with E-state index >= 15 is 0 Å². The van der Waals surface area contributed by atoms with Gasteiger partial charge in [-0.2, -0.15) is 0 Å². The Kier molecular flexibility index (Phi) is 5.25. The van der Waals surface area contributed by atoms with Gasteiger partial charge in [0.05, 0.1) is 12.2 Å². The van der Waals surface area contributed by atoms with Crippen molar-refractivity contribution in [2.24, 2.45) is 5.73 Å². The molecule has 0 aliphatic carbocycles. The number of hydrogen-bond acceptors (Lipinski definition) is 2. The monoisotopic (exact) mass is 230 g/mol. The first-order chi connectivity index (χ1) is 8.17. The Labute approximate surface area is 102 Å². The SMILES string of the molecule is CCCC(=O)Nc1ccc(C)cc1C#CCN. The molecule has 90 valence electrons. The van der Waals surface area contributed by atoms with E-state index in [1.807, 2.05) is 32.0 Å². The molecule has 1 aromatic carbocycles. The summed E-state index contributed by atoms with van der Waals surface area (Å²) in [4.78, 5) is 11.5. The van der Waals surface area contributed by atoms with Crippen LogP contribution in [0.1, 0.15) is 30.9 Å². The lowest BCUT2D eigenvalue weighted by Crippen LogP contribution is -2.11. The summed E-state index contributed by atoms with van der Waals surface area (Å²) in [6, 6.07) is 5.78. The largest absolute Gasteiger partial charge is 0.325 e. The Morgan fingerprint density at radius 1 is 1.47 bits per heavy atom. The molecule has 0 fully saturated rings. The molecule has 0 saturated carbocycles. The number of anilines is 1. The normalized spacial score (nSPS) is 9.35. The maximum atomic E-state index is 11.5. The van der Waals surface area contributed by atoms with E-state index in [4.69, 9.17) is 5.73 Å². The molecular weight excluding hydrogens is 212 g/mol. The second-order valence-corrected chi connectivity index (χ2v) is 3.85. The van der Waals surface area contributed by atoms with Gasteiger partial charge in [0.15, 0.2) is 0 Å². The molecule has 0 unspecified atom stereocenters. The summed E-state index contributed by atoms with van der Waals surface area (Å²) in [7, 11) is 0. The summed E-state index contributed by atoms with van der Waals surface area (Å²) in [5.41, 5.74) is 8.04. The molecule has 0 radical (unpaired) electrons. The van der Waals surface area contributed by atoms with Gasteiger partial charge in [0.1, 0.15) is 0 Å². The Bertz CT molecular complexity index is 455. The summed E-state index contributed by atoms with van der Waals surface area (Å²) in [5, 5.41) is 2.87. The van der Waals surface area contributed by atoms with Gasteiger partial charge >= 0.3 is 0 Å². The summed E-state index contributed by atoms with van der Waals surface area (Å²) in [5.74, 6) is 5.80. The number of nitrogens with two attached hydrogens (primary N) is 1. The van der Waals surface area contributed by atoms with Gasteiger partial charge in [-0.25, -0.2) is 0 Å². The van der Waals surface area contributed by atoms with Crippen LogP contribution in [0.25, 0.3) is 0 Å². The summed E-state index contributed by atoms with van der Waals surface area (Å²) in [6.45, 7) is 4.28. The molecule has 3 nitrogen and oxygen atoms in total. The second-order valence-electron chi connectivity index (χ2n) is 3.85. The number of rotatable bonds is 3. The van der Waals surface area contributed by atoms with Crippen molar-refractivity contribution < 1.29 is 4.79 Å². The lowest BCUT2D eigenvalue weighted by Gasteiger charge is -2.07. The summed E-state index contributed by atoms with van der Waals surface area (Å²) >= 11 is 0. The first-order valence-electron chi connectivity index (χ1n) is 5.76.